The third-order valence-electron chi connectivity index (χ3n) is 3.54. The van der Waals surface area contributed by atoms with Crippen LogP contribution in [0.15, 0.2) is 42.5 Å². The summed E-state index contributed by atoms with van der Waals surface area (Å²) < 4.78 is 18.5. The van der Waals surface area contributed by atoms with E-state index in [1.165, 1.54) is 30.3 Å². The Kier molecular flexibility index (Phi) is 6.02. The van der Waals surface area contributed by atoms with Crippen LogP contribution in [0.2, 0.25) is 0 Å². The zero-order chi connectivity index (χ0) is 18.4. The second-order valence-corrected chi connectivity index (χ2v) is 5.51. The van der Waals surface area contributed by atoms with E-state index in [1.54, 1.807) is 19.2 Å². The van der Waals surface area contributed by atoms with Crippen LogP contribution < -0.4 is 10.5 Å². The standard InChI is InChI=1S/C17H18FN3O4/c1-20(7-8-25-15-4-2-3-14(18)10-15)11-13-6-5-12(17(19)22)9-16(13)21(23)24/h2-6,9-10H,7-8,11H2,1H3,(H2,19,22). The van der Waals surface area contributed by atoms with Crippen molar-refractivity contribution in [3.63, 3.8) is 0 Å². The van der Waals surface area contributed by atoms with Crippen LogP contribution in [0.4, 0.5) is 10.1 Å². The van der Waals surface area contributed by atoms with Crippen LogP contribution in [-0.2, 0) is 6.54 Å². The highest BCUT2D eigenvalue weighted by Crippen LogP contribution is 2.21. The number of hydrogen-bond acceptors (Lipinski definition) is 5. The minimum Gasteiger partial charge on any atom is -0.492 e. The van der Waals surface area contributed by atoms with Crippen molar-refractivity contribution < 1.29 is 18.8 Å². The SMILES string of the molecule is CN(CCOc1cccc(F)c1)Cc1ccc(C(N)=O)cc1[N+](=O)[O-]. The van der Waals surface area contributed by atoms with E-state index < -0.39 is 10.8 Å². The Balaban J connectivity index is 1.96. The van der Waals surface area contributed by atoms with Gasteiger partial charge in [-0.1, -0.05) is 12.1 Å². The molecule has 25 heavy (non-hydrogen) atoms. The van der Waals surface area contributed by atoms with Crippen LogP contribution in [0, 0.1) is 15.9 Å². The Morgan fingerprint density at radius 3 is 2.72 bits per heavy atom. The fourth-order valence-corrected chi connectivity index (χ4v) is 2.27. The fraction of sp³-hybridized carbons (Fsp3) is 0.235. The monoisotopic (exact) mass is 347 g/mol. The number of primary amides is 1. The summed E-state index contributed by atoms with van der Waals surface area (Å²) in [4.78, 5) is 23.6. The van der Waals surface area contributed by atoms with E-state index in [-0.39, 0.29) is 17.1 Å². The number of nitro benzene ring substituents is 1. The van der Waals surface area contributed by atoms with Gasteiger partial charge in [0.05, 0.1) is 4.92 Å². The van der Waals surface area contributed by atoms with Gasteiger partial charge < -0.3 is 10.5 Å². The summed E-state index contributed by atoms with van der Waals surface area (Å²) in [5.41, 5.74) is 5.54. The highest BCUT2D eigenvalue weighted by atomic mass is 19.1. The molecular formula is C17H18FN3O4. The third-order valence-corrected chi connectivity index (χ3v) is 3.54. The maximum Gasteiger partial charge on any atom is 0.274 e. The van der Waals surface area contributed by atoms with E-state index in [4.69, 9.17) is 10.5 Å². The van der Waals surface area contributed by atoms with E-state index >= 15 is 0 Å². The van der Waals surface area contributed by atoms with Gasteiger partial charge in [0.1, 0.15) is 18.2 Å². The van der Waals surface area contributed by atoms with Gasteiger partial charge in [-0.25, -0.2) is 4.39 Å². The van der Waals surface area contributed by atoms with Crippen LogP contribution in [-0.4, -0.2) is 35.9 Å². The van der Waals surface area contributed by atoms with Crippen molar-refractivity contribution in [1.29, 1.82) is 0 Å². The highest BCUT2D eigenvalue weighted by molar-refractivity contribution is 5.93. The summed E-state index contributed by atoms with van der Waals surface area (Å²) in [5.74, 6) is -0.673. The zero-order valence-corrected chi connectivity index (χ0v) is 13.6. The normalized spacial score (nSPS) is 10.7. The molecule has 0 fully saturated rings. The van der Waals surface area contributed by atoms with Gasteiger partial charge in [0.15, 0.2) is 0 Å². The lowest BCUT2D eigenvalue weighted by atomic mass is 10.1. The smallest absolute Gasteiger partial charge is 0.274 e. The largest absolute Gasteiger partial charge is 0.492 e. The number of nitro groups is 1. The number of carbonyl (C=O) groups excluding carboxylic acids is 1. The first-order valence-corrected chi connectivity index (χ1v) is 7.51. The average molecular weight is 347 g/mol. The lowest BCUT2D eigenvalue weighted by molar-refractivity contribution is -0.385. The van der Waals surface area contributed by atoms with Crippen molar-refractivity contribution in [3.05, 3.63) is 69.5 Å². The van der Waals surface area contributed by atoms with Gasteiger partial charge in [0.2, 0.25) is 5.91 Å². The number of amides is 1. The predicted octanol–water partition coefficient (Wildman–Crippen LogP) is 2.34. The summed E-state index contributed by atoms with van der Waals surface area (Å²) in [6.45, 7) is 1.07. The number of benzene rings is 2. The van der Waals surface area contributed by atoms with Crippen LogP contribution in [0.1, 0.15) is 15.9 Å². The molecular weight excluding hydrogens is 329 g/mol. The Hall–Kier alpha value is -3.00. The Labute approximate surface area is 144 Å². The Bertz CT molecular complexity index is 782. The zero-order valence-electron chi connectivity index (χ0n) is 13.6. The molecule has 2 aromatic rings. The molecule has 0 atom stereocenters. The minimum atomic E-state index is -0.716. The molecule has 2 rings (SSSR count). The molecule has 0 spiro atoms. The third kappa shape index (κ3) is 5.25. The molecule has 0 heterocycles. The van der Waals surface area contributed by atoms with E-state index in [2.05, 4.69) is 0 Å². The van der Waals surface area contributed by atoms with Crippen LogP contribution in [0.3, 0.4) is 0 Å². The summed E-state index contributed by atoms with van der Waals surface area (Å²) in [6.07, 6.45) is 0. The average Bonchev–Trinajstić information content (AvgIpc) is 2.54. The van der Waals surface area contributed by atoms with Crippen molar-refractivity contribution >= 4 is 11.6 Å². The summed E-state index contributed by atoms with van der Waals surface area (Å²) in [7, 11) is 1.78. The summed E-state index contributed by atoms with van der Waals surface area (Å²) in [6, 6.07) is 9.97. The lowest BCUT2D eigenvalue weighted by Gasteiger charge is -2.17. The van der Waals surface area contributed by atoms with E-state index in [0.717, 1.165) is 0 Å². The number of nitrogens with zero attached hydrogens (tertiary/aromatic N) is 2. The van der Waals surface area contributed by atoms with Gasteiger partial charge in [0.25, 0.3) is 5.69 Å². The summed E-state index contributed by atoms with van der Waals surface area (Å²) >= 11 is 0. The number of likely N-dealkylation sites (N-methyl/N-ethyl adjacent to an activating group) is 1. The molecule has 0 aromatic heterocycles. The molecule has 0 saturated carbocycles. The summed E-state index contributed by atoms with van der Waals surface area (Å²) in [5, 5.41) is 11.2. The van der Waals surface area contributed by atoms with Crippen LogP contribution in [0.5, 0.6) is 5.75 Å². The number of nitrogens with two attached hydrogens (primary N) is 1. The topological polar surface area (TPSA) is 98.7 Å². The second kappa shape index (κ2) is 8.20. The molecule has 2 aromatic carbocycles. The second-order valence-electron chi connectivity index (χ2n) is 5.51. The van der Waals surface area contributed by atoms with Crippen LogP contribution in [0.25, 0.3) is 0 Å². The molecule has 0 saturated heterocycles. The number of carbonyl (C=O) groups is 1. The molecule has 2 N–H and O–H groups in total. The van der Waals surface area contributed by atoms with Gasteiger partial charge in [-0.15, -0.1) is 0 Å². The van der Waals surface area contributed by atoms with Gasteiger partial charge in [-0.2, -0.15) is 0 Å². The van der Waals surface area contributed by atoms with Gasteiger partial charge in [-0.05, 0) is 25.2 Å². The minimum absolute atomic E-state index is 0.0903. The maximum absolute atomic E-state index is 13.1. The number of hydrogen-bond donors (Lipinski definition) is 1. The van der Waals surface area contributed by atoms with Crippen molar-refractivity contribution in [2.75, 3.05) is 20.2 Å². The predicted molar refractivity (Wildman–Crippen MR) is 89.8 cm³/mol. The maximum atomic E-state index is 13.1. The van der Waals surface area contributed by atoms with E-state index in [0.29, 0.717) is 31.0 Å². The molecule has 7 nitrogen and oxygen atoms in total. The molecule has 0 aliphatic carbocycles. The Morgan fingerprint density at radius 1 is 1.32 bits per heavy atom. The van der Waals surface area contributed by atoms with E-state index in [9.17, 15) is 19.3 Å². The molecule has 0 aliphatic heterocycles. The molecule has 132 valence electrons. The molecule has 1 amide bonds. The number of halogens is 1. The highest BCUT2D eigenvalue weighted by Gasteiger charge is 2.17. The van der Waals surface area contributed by atoms with Gasteiger partial charge in [-0.3, -0.25) is 19.8 Å². The first kappa shape index (κ1) is 18.3. The van der Waals surface area contributed by atoms with E-state index in [1.807, 2.05) is 4.90 Å². The first-order chi connectivity index (χ1) is 11.9. The molecule has 0 bridgehead atoms. The number of ether oxygens (including phenoxy) is 1. The molecule has 0 aliphatic rings. The van der Waals surface area contributed by atoms with Gasteiger partial charge in [0, 0.05) is 36.3 Å². The van der Waals surface area contributed by atoms with Crippen molar-refractivity contribution in [2.24, 2.45) is 5.73 Å². The van der Waals surface area contributed by atoms with Crippen molar-refractivity contribution in [2.45, 2.75) is 6.54 Å². The molecule has 8 heteroatoms. The van der Waals surface area contributed by atoms with Crippen molar-refractivity contribution in [1.82, 2.24) is 4.90 Å². The quantitative estimate of drug-likeness (QED) is 0.584. The molecule has 0 radical (unpaired) electrons. The first-order valence-electron chi connectivity index (χ1n) is 7.51. The fourth-order valence-electron chi connectivity index (χ4n) is 2.27. The molecule has 0 unspecified atom stereocenters. The number of rotatable bonds is 8. The van der Waals surface area contributed by atoms with Crippen LogP contribution >= 0.6 is 0 Å². The lowest BCUT2D eigenvalue weighted by Crippen LogP contribution is -2.24. The van der Waals surface area contributed by atoms with Gasteiger partial charge >= 0.3 is 0 Å². The van der Waals surface area contributed by atoms with Crippen molar-refractivity contribution in [3.8, 4) is 5.75 Å². The Morgan fingerprint density at radius 2 is 2.08 bits per heavy atom.